The molecule has 88 valence electrons. The van der Waals surface area contributed by atoms with Crippen LogP contribution >= 0.6 is 0 Å². The summed E-state index contributed by atoms with van der Waals surface area (Å²) in [6.07, 6.45) is 0.158. The zero-order valence-electron chi connectivity index (χ0n) is 9.42. The van der Waals surface area contributed by atoms with Crippen LogP contribution in [-0.4, -0.2) is 21.2 Å². The number of pyridine rings is 1. The Kier molecular flexibility index (Phi) is 3.06. The van der Waals surface area contributed by atoms with Crippen molar-refractivity contribution in [1.29, 1.82) is 0 Å². The molecule has 1 unspecified atom stereocenters. The van der Waals surface area contributed by atoms with E-state index in [1.54, 1.807) is 18.2 Å². The largest absolute Gasteiger partial charge is 0.477 e. The van der Waals surface area contributed by atoms with E-state index in [4.69, 9.17) is 5.11 Å². The Morgan fingerprint density at radius 1 is 1.35 bits per heavy atom. The molecule has 2 aromatic rings. The number of hydrogen-bond acceptors (Lipinski definition) is 3. The first kappa shape index (κ1) is 11.5. The van der Waals surface area contributed by atoms with Gasteiger partial charge >= 0.3 is 5.97 Å². The van der Waals surface area contributed by atoms with Crippen molar-refractivity contribution in [3.05, 3.63) is 41.6 Å². The van der Waals surface area contributed by atoms with Gasteiger partial charge < -0.3 is 10.2 Å². The van der Waals surface area contributed by atoms with E-state index in [-0.39, 0.29) is 5.69 Å². The predicted octanol–water partition coefficient (Wildman–Crippen LogP) is 2.38. The van der Waals surface area contributed by atoms with Crippen LogP contribution in [0, 0.1) is 0 Å². The van der Waals surface area contributed by atoms with Crippen molar-refractivity contribution in [2.45, 2.75) is 19.4 Å². The van der Waals surface area contributed by atoms with Gasteiger partial charge in [0.25, 0.3) is 0 Å². The van der Waals surface area contributed by atoms with Gasteiger partial charge in [-0.05, 0) is 30.2 Å². The Bertz CT molecular complexity index is 566. The van der Waals surface area contributed by atoms with E-state index in [1.165, 1.54) is 6.07 Å². The summed E-state index contributed by atoms with van der Waals surface area (Å²) < 4.78 is 0. The number of carboxylic acid groups (broad SMARTS) is 1. The standard InChI is InChI=1S/C13H13NO3/c1-2-12(15)9-4-5-10-8(7-9)3-6-11(14-10)13(16)17/h3-7,12,15H,2H2,1H3,(H,16,17). The average Bonchev–Trinajstić information content (AvgIpc) is 2.36. The summed E-state index contributed by atoms with van der Waals surface area (Å²) in [6.45, 7) is 1.90. The fourth-order valence-corrected chi connectivity index (χ4v) is 1.71. The average molecular weight is 231 g/mol. The molecule has 0 aliphatic rings. The third-order valence-electron chi connectivity index (χ3n) is 2.70. The molecule has 4 heteroatoms. The van der Waals surface area contributed by atoms with Gasteiger partial charge in [0.15, 0.2) is 0 Å². The molecule has 17 heavy (non-hydrogen) atoms. The highest BCUT2D eigenvalue weighted by molar-refractivity contribution is 5.89. The van der Waals surface area contributed by atoms with Crippen molar-refractivity contribution >= 4 is 16.9 Å². The van der Waals surface area contributed by atoms with Crippen LogP contribution in [0.25, 0.3) is 10.9 Å². The predicted molar refractivity (Wildman–Crippen MR) is 64.0 cm³/mol. The van der Waals surface area contributed by atoms with Crippen molar-refractivity contribution in [2.75, 3.05) is 0 Å². The second-order valence-electron chi connectivity index (χ2n) is 3.88. The summed E-state index contributed by atoms with van der Waals surface area (Å²) in [6, 6.07) is 8.51. The zero-order chi connectivity index (χ0) is 12.4. The molecule has 1 heterocycles. The minimum Gasteiger partial charge on any atom is -0.477 e. The molecule has 2 N–H and O–H groups in total. The highest BCUT2D eigenvalue weighted by atomic mass is 16.4. The van der Waals surface area contributed by atoms with E-state index in [0.29, 0.717) is 11.9 Å². The maximum atomic E-state index is 10.8. The Morgan fingerprint density at radius 2 is 2.12 bits per heavy atom. The van der Waals surface area contributed by atoms with Crippen LogP contribution in [0.5, 0.6) is 0 Å². The van der Waals surface area contributed by atoms with E-state index < -0.39 is 12.1 Å². The number of carbonyl (C=O) groups is 1. The molecule has 0 saturated heterocycles. The van der Waals surface area contributed by atoms with Gasteiger partial charge in [0.1, 0.15) is 5.69 Å². The number of carboxylic acids is 1. The molecular formula is C13H13NO3. The number of aliphatic hydroxyl groups excluding tert-OH is 1. The molecule has 0 fully saturated rings. The van der Waals surface area contributed by atoms with Gasteiger partial charge in [-0.3, -0.25) is 0 Å². The third kappa shape index (κ3) is 2.26. The molecule has 2 rings (SSSR count). The maximum absolute atomic E-state index is 10.8. The summed E-state index contributed by atoms with van der Waals surface area (Å²) in [5.74, 6) is -1.04. The van der Waals surface area contributed by atoms with Crippen LogP contribution in [0.2, 0.25) is 0 Å². The zero-order valence-corrected chi connectivity index (χ0v) is 9.42. The monoisotopic (exact) mass is 231 g/mol. The molecule has 0 bridgehead atoms. The van der Waals surface area contributed by atoms with Crippen LogP contribution in [0.4, 0.5) is 0 Å². The third-order valence-corrected chi connectivity index (χ3v) is 2.70. The lowest BCUT2D eigenvalue weighted by Gasteiger charge is -2.08. The molecule has 4 nitrogen and oxygen atoms in total. The van der Waals surface area contributed by atoms with Gasteiger partial charge in [-0.25, -0.2) is 9.78 Å². The van der Waals surface area contributed by atoms with Crippen LogP contribution < -0.4 is 0 Å². The molecule has 0 radical (unpaired) electrons. The molecule has 0 spiro atoms. The minimum absolute atomic E-state index is 0.0290. The molecule has 1 atom stereocenters. The van der Waals surface area contributed by atoms with E-state index in [0.717, 1.165) is 10.9 Å². The van der Waals surface area contributed by atoms with Gasteiger partial charge in [0, 0.05) is 5.39 Å². The molecule has 0 aliphatic heterocycles. The van der Waals surface area contributed by atoms with Crippen molar-refractivity contribution in [2.24, 2.45) is 0 Å². The van der Waals surface area contributed by atoms with Crippen molar-refractivity contribution in [3.63, 3.8) is 0 Å². The number of nitrogens with zero attached hydrogens (tertiary/aromatic N) is 1. The van der Waals surface area contributed by atoms with Gasteiger partial charge in [0.05, 0.1) is 11.6 Å². The highest BCUT2D eigenvalue weighted by Gasteiger charge is 2.08. The fraction of sp³-hybridized carbons (Fsp3) is 0.231. The van der Waals surface area contributed by atoms with Gasteiger partial charge in [-0.2, -0.15) is 0 Å². The van der Waals surface area contributed by atoms with E-state index in [9.17, 15) is 9.90 Å². The highest BCUT2D eigenvalue weighted by Crippen LogP contribution is 2.21. The molecule has 1 aromatic heterocycles. The first-order valence-electron chi connectivity index (χ1n) is 5.44. The second-order valence-corrected chi connectivity index (χ2v) is 3.88. The number of benzene rings is 1. The second kappa shape index (κ2) is 4.51. The van der Waals surface area contributed by atoms with Crippen molar-refractivity contribution in [1.82, 2.24) is 4.98 Å². The van der Waals surface area contributed by atoms with Gasteiger partial charge in [-0.15, -0.1) is 0 Å². The normalized spacial score (nSPS) is 12.6. The topological polar surface area (TPSA) is 70.4 Å². The summed E-state index contributed by atoms with van der Waals surface area (Å²) in [5.41, 5.74) is 1.48. The van der Waals surface area contributed by atoms with Gasteiger partial charge in [-0.1, -0.05) is 19.1 Å². The Labute approximate surface area is 98.5 Å². The number of fused-ring (bicyclic) bond motifs is 1. The van der Waals surface area contributed by atoms with Crippen LogP contribution in [0.1, 0.15) is 35.5 Å². The molecule has 0 aliphatic carbocycles. The van der Waals surface area contributed by atoms with Crippen molar-refractivity contribution in [3.8, 4) is 0 Å². The Hall–Kier alpha value is -1.94. The van der Waals surface area contributed by atoms with E-state index >= 15 is 0 Å². The summed E-state index contributed by atoms with van der Waals surface area (Å²) in [7, 11) is 0. The SMILES string of the molecule is CCC(O)c1ccc2nc(C(=O)O)ccc2c1. The first-order valence-corrected chi connectivity index (χ1v) is 5.44. The number of aromatic carboxylic acids is 1. The van der Waals surface area contributed by atoms with E-state index in [2.05, 4.69) is 4.98 Å². The first-order chi connectivity index (χ1) is 8.11. The maximum Gasteiger partial charge on any atom is 0.354 e. The van der Waals surface area contributed by atoms with Gasteiger partial charge in [0.2, 0.25) is 0 Å². The lowest BCUT2D eigenvalue weighted by molar-refractivity contribution is 0.0691. The van der Waals surface area contributed by atoms with Crippen LogP contribution in [0.15, 0.2) is 30.3 Å². The lowest BCUT2D eigenvalue weighted by Crippen LogP contribution is -2.00. The summed E-state index contributed by atoms with van der Waals surface area (Å²) in [5, 5.41) is 19.4. The van der Waals surface area contributed by atoms with Crippen LogP contribution in [0.3, 0.4) is 0 Å². The lowest BCUT2D eigenvalue weighted by atomic mass is 10.0. The summed E-state index contributed by atoms with van der Waals surface area (Å²) >= 11 is 0. The Morgan fingerprint density at radius 3 is 2.76 bits per heavy atom. The molecular weight excluding hydrogens is 218 g/mol. The van der Waals surface area contributed by atoms with Crippen LogP contribution in [-0.2, 0) is 0 Å². The number of rotatable bonds is 3. The fourth-order valence-electron chi connectivity index (χ4n) is 1.71. The van der Waals surface area contributed by atoms with E-state index in [1.807, 2.05) is 13.0 Å². The molecule has 0 amide bonds. The quantitative estimate of drug-likeness (QED) is 0.850. The Balaban J connectivity index is 2.50. The number of aromatic nitrogens is 1. The summed E-state index contributed by atoms with van der Waals surface area (Å²) in [4.78, 5) is 14.8. The number of aliphatic hydroxyl groups is 1. The number of hydrogen-bond donors (Lipinski definition) is 2. The molecule has 1 aromatic carbocycles. The van der Waals surface area contributed by atoms with Crippen molar-refractivity contribution < 1.29 is 15.0 Å². The smallest absolute Gasteiger partial charge is 0.354 e. The molecule has 0 saturated carbocycles. The minimum atomic E-state index is -1.04.